The number of methoxy groups -OCH3 is 1. The number of nitrogens with one attached hydrogen (secondary N) is 1. The summed E-state index contributed by atoms with van der Waals surface area (Å²) < 4.78 is 10.6. The van der Waals surface area contributed by atoms with Crippen LogP contribution in [0.15, 0.2) is 18.2 Å². The fourth-order valence-corrected chi connectivity index (χ4v) is 4.86. The number of ether oxygens (including phenoxy) is 2. The Bertz CT molecular complexity index is 822. The highest BCUT2D eigenvalue weighted by molar-refractivity contribution is 6.14. The van der Waals surface area contributed by atoms with E-state index in [-0.39, 0.29) is 12.6 Å². The van der Waals surface area contributed by atoms with Crippen LogP contribution in [0.4, 0.5) is 0 Å². The summed E-state index contributed by atoms with van der Waals surface area (Å²) in [6.45, 7) is 6.76. The molecule has 1 fully saturated rings. The van der Waals surface area contributed by atoms with Gasteiger partial charge in [0.25, 0.3) is 0 Å². The number of rotatable bonds is 7. The minimum absolute atomic E-state index is 0.260. The first-order chi connectivity index (χ1) is 13.3. The summed E-state index contributed by atoms with van der Waals surface area (Å²) in [7, 11) is 2.90. The maximum absolute atomic E-state index is 12.6. The molecular formula is C22H34N2O3Si. The second kappa shape index (κ2) is 8.37. The third-order valence-electron chi connectivity index (χ3n) is 6.27. The van der Waals surface area contributed by atoms with Crippen molar-refractivity contribution in [3.8, 4) is 0 Å². The number of fused-ring (bicyclic) bond motifs is 1. The Morgan fingerprint density at radius 2 is 2.11 bits per heavy atom. The van der Waals surface area contributed by atoms with Crippen molar-refractivity contribution in [3.63, 3.8) is 0 Å². The molecule has 3 rings (SSSR count). The van der Waals surface area contributed by atoms with Gasteiger partial charge in [-0.1, -0.05) is 25.8 Å². The number of benzene rings is 1. The van der Waals surface area contributed by atoms with Gasteiger partial charge < -0.3 is 14.5 Å². The largest absolute Gasteiger partial charge is 0.465 e. The number of carbonyl (C=O) groups excluding carboxylic acids is 1. The van der Waals surface area contributed by atoms with E-state index in [2.05, 4.69) is 11.9 Å². The third-order valence-corrected chi connectivity index (χ3v) is 7.27. The van der Waals surface area contributed by atoms with Crippen LogP contribution in [0.1, 0.15) is 57.8 Å². The quantitative estimate of drug-likeness (QED) is 0.570. The van der Waals surface area contributed by atoms with E-state index in [0.717, 1.165) is 34.8 Å². The molecule has 1 aliphatic carbocycles. The lowest BCUT2D eigenvalue weighted by atomic mass is 9.80. The van der Waals surface area contributed by atoms with Crippen molar-refractivity contribution in [3.05, 3.63) is 29.6 Å². The molecule has 0 aliphatic heterocycles. The van der Waals surface area contributed by atoms with Crippen LogP contribution in [-0.2, 0) is 26.1 Å². The highest BCUT2D eigenvalue weighted by Crippen LogP contribution is 2.42. The molecule has 1 aromatic carbocycles. The summed E-state index contributed by atoms with van der Waals surface area (Å²) in [5.41, 5.74) is 1.98. The summed E-state index contributed by atoms with van der Waals surface area (Å²) in [5, 5.41) is 0.623. The van der Waals surface area contributed by atoms with E-state index in [1.807, 2.05) is 32.0 Å². The second-order valence-corrected chi connectivity index (χ2v) is 11.6. The molecule has 1 aromatic heterocycles. The van der Waals surface area contributed by atoms with Crippen LogP contribution in [0.25, 0.3) is 11.0 Å². The van der Waals surface area contributed by atoms with Crippen molar-refractivity contribution < 1.29 is 14.3 Å². The van der Waals surface area contributed by atoms with E-state index < -0.39 is 5.41 Å². The zero-order chi connectivity index (χ0) is 20.4. The first kappa shape index (κ1) is 21.1. The minimum atomic E-state index is -0.830. The predicted molar refractivity (Wildman–Crippen MR) is 116 cm³/mol. The molecule has 1 aliphatic rings. The highest BCUT2D eigenvalue weighted by atomic mass is 28.1. The third kappa shape index (κ3) is 4.49. The zero-order valence-corrected chi connectivity index (χ0v) is 19.9. The fourth-order valence-electron chi connectivity index (χ4n) is 4.28. The number of imidazole rings is 1. The lowest BCUT2D eigenvalue weighted by Gasteiger charge is -2.34. The molecule has 0 saturated heterocycles. The number of carbonyl (C=O) groups is 1. The molecule has 0 spiro atoms. The SMILES string of the molecule is CCOC(=O)C(C)(COC)c1ccc2nc(CC3CCC(C)([SiH3])CC3)[nH]c2c1. The Balaban J connectivity index is 1.81. The van der Waals surface area contributed by atoms with Crippen molar-refractivity contribution in [2.45, 2.75) is 63.3 Å². The highest BCUT2D eigenvalue weighted by Gasteiger charge is 2.37. The fraction of sp³-hybridized carbons (Fsp3) is 0.636. The maximum atomic E-state index is 12.6. The van der Waals surface area contributed by atoms with Crippen LogP contribution >= 0.6 is 0 Å². The number of hydrogen-bond donors (Lipinski definition) is 1. The zero-order valence-electron chi connectivity index (χ0n) is 17.9. The van der Waals surface area contributed by atoms with Crippen LogP contribution in [0, 0.1) is 5.92 Å². The average Bonchev–Trinajstić information content (AvgIpc) is 3.05. The summed E-state index contributed by atoms with van der Waals surface area (Å²) in [6, 6.07) is 5.99. The summed E-state index contributed by atoms with van der Waals surface area (Å²) >= 11 is 0. The first-order valence-electron chi connectivity index (χ1n) is 10.4. The molecule has 154 valence electrons. The van der Waals surface area contributed by atoms with Crippen LogP contribution < -0.4 is 0 Å². The van der Waals surface area contributed by atoms with Gasteiger partial charge in [-0.3, -0.25) is 4.79 Å². The topological polar surface area (TPSA) is 64.2 Å². The minimum Gasteiger partial charge on any atom is -0.465 e. The molecule has 2 aromatic rings. The van der Waals surface area contributed by atoms with Gasteiger partial charge in [0.1, 0.15) is 11.2 Å². The van der Waals surface area contributed by atoms with Crippen LogP contribution in [-0.4, -0.2) is 46.5 Å². The monoisotopic (exact) mass is 402 g/mol. The van der Waals surface area contributed by atoms with Gasteiger partial charge in [-0.15, -0.1) is 0 Å². The van der Waals surface area contributed by atoms with Crippen molar-refractivity contribution in [1.29, 1.82) is 0 Å². The number of H-pyrrole nitrogens is 1. The number of aromatic nitrogens is 2. The molecule has 5 nitrogen and oxygen atoms in total. The molecule has 0 bridgehead atoms. The molecule has 6 heteroatoms. The second-order valence-electron chi connectivity index (χ2n) is 9.21. The van der Waals surface area contributed by atoms with Gasteiger partial charge in [-0.25, -0.2) is 4.98 Å². The van der Waals surface area contributed by atoms with E-state index in [9.17, 15) is 4.79 Å². The van der Waals surface area contributed by atoms with Gasteiger partial charge in [0.05, 0.1) is 24.2 Å². The number of aromatic amines is 1. The molecule has 1 heterocycles. The first-order valence-corrected chi connectivity index (χ1v) is 11.4. The molecule has 1 unspecified atom stereocenters. The van der Waals surface area contributed by atoms with Gasteiger partial charge in [-0.2, -0.15) is 0 Å². The van der Waals surface area contributed by atoms with Crippen molar-refractivity contribution in [2.24, 2.45) is 5.92 Å². The standard InChI is InChI=1S/C22H34N2O3Si/c1-5-27-20(25)22(3,14-26-4)16-6-7-17-18(13-16)24-19(23-17)12-15-8-10-21(2,28)11-9-15/h6-7,13,15H,5,8-12,14H2,1-4,28H3,(H,23,24). The molecule has 1 N–H and O–H groups in total. The Hall–Kier alpha value is -1.66. The predicted octanol–water partition coefficient (Wildman–Crippen LogP) is 3.31. The van der Waals surface area contributed by atoms with Gasteiger partial charge in [0.2, 0.25) is 0 Å². The van der Waals surface area contributed by atoms with Gasteiger partial charge in [0.15, 0.2) is 0 Å². The maximum Gasteiger partial charge on any atom is 0.318 e. The van der Waals surface area contributed by atoms with Crippen molar-refractivity contribution >= 4 is 27.2 Å². The van der Waals surface area contributed by atoms with Gasteiger partial charge >= 0.3 is 5.97 Å². The van der Waals surface area contributed by atoms with Crippen molar-refractivity contribution in [1.82, 2.24) is 9.97 Å². The Labute approximate surface area is 171 Å². The number of nitrogens with zero attached hydrogens (tertiary/aromatic N) is 1. The lowest BCUT2D eigenvalue weighted by Crippen LogP contribution is -2.38. The molecule has 1 atom stereocenters. The Morgan fingerprint density at radius 3 is 2.75 bits per heavy atom. The van der Waals surface area contributed by atoms with Gasteiger partial charge in [0, 0.05) is 23.8 Å². The van der Waals surface area contributed by atoms with E-state index in [1.165, 1.54) is 35.9 Å². The molecule has 1 saturated carbocycles. The van der Waals surface area contributed by atoms with Crippen LogP contribution in [0.5, 0.6) is 0 Å². The van der Waals surface area contributed by atoms with E-state index in [4.69, 9.17) is 14.5 Å². The normalized spacial score (nSPS) is 24.9. The molecular weight excluding hydrogens is 368 g/mol. The Morgan fingerprint density at radius 1 is 1.39 bits per heavy atom. The van der Waals surface area contributed by atoms with Crippen LogP contribution in [0.2, 0.25) is 5.04 Å². The summed E-state index contributed by atoms with van der Waals surface area (Å²) in [5.74, 6) is 1.52. The smallest absolute Gasteiger partial charge is 0.318 e. The van der Waals surface area contributed by atoms with Crippen molar-refractivity contribution in [2.75, 3.05) is 20.3 Å². The van der Waals surface area contributed by atoms with E-state index in [0.29, 0.717) is 11.6 Å². The lowest BCUT2D eigenvalue weighted by molar-refractivity contribution is -0.151. The Kier molecular flexibility index (Phi) is 6.30. The van der Waals surface area contributed by atoms with E-state index >= 15 is 0 Å². The number of hydrogen-bond acceptors (Lipinski definition) is 4. The summed E-state index contributed by atoms with van der Waals surface area (Å²) in [6.07, 6.45) is 6.31. The average molecular weight is 403 g/mol. The molecule has 28 heavy (non-hydrogen) atoms. The number of esters is 1. The molecule has 0 amide bonds. The van der Waals surface area contributed by atoms with E-state index in [1.54, 1.807) is 7.11 Å². The van der Waals surface area contributed by atoms with Crippen LogP contribution in [0.3, 0.4) is 0 Å². The molecule has 0 radical (unpaired) electrons. The van der Waals surface area contributed by atoms with Gasteiger partial charge in [-0.05, 0) is 55.3 Å². The summed E-state index contributed by atoms with van der Waals surface area (Å²) in [4.78, 5) is 20.9.